The van der Waals surface area contributed by atoms with Gasteiger partial charge in [0.05, 0.1) is 16.3 Å². The minimum atomic E-state index is -0.769. The number of hydrogen-bond donors (Lipinski definition) is 3. The molecule has 2 aromatic rings. The molecule has 1 aromatic heterocycles. The van der Waals surface area contributed by atoms with Crippen LogP contribution in [0.3, 0.4) is 0 Å². The first-order valence-electron chi connectivity index (χ1n) is 8.60. The number of ketones is 1. The van der Waals surface area contributed by atoms with E-state index in [1.165, 1.54) is 11.3 Å². The number of ether oxygens (including phenoxy) is 1. The Morgan fingerprint density at radius 2 is 2.00 bits per heavy atom. The monoisotopic (exact) mass is 391 g/mol. The summed E-state index contributed by atoms with van der Waals surface area (Å²) in [5.74, 6) is -0.268. The van der Waals surface area contributed by atoms with Crippen LogP contribution >= 0.6 is 11.3 Å². The fraction of sp³-hybridized carbons (Fsp3) is 0.444. The summed E-state index contributed by atoms with van der Waals surface area (Å²) in [7, 11) is 0. The number of alkyl carbamates (subject to hydrolysis) is 1. The van der Waals surface area contributed by atoms with Gasteiger partial charge in [-0.1, -0.05) is 12.1 Å². The highest BCUT2D eigenvalue weighted by atomic mass is 32.1. The number of hydrogen-bond acceptors (Lipinski definition) is 6. The number of fused-ring (bicyclic) bond motifs is 1. The van der Waals surface area contributed by atoms with Gasteiger partial charge >= 0.3 is 6.09 Å². The molecular weight excluding hydrogens is 366 g/mol. The van der Waals surface area contributed by atoms with E-state index >= 15 is 0 Å². The van der Waals surface area contributed by atoms with E-state index in [1.54, 1.807) is 20.8 Å². The van der Waals surface area contributed by atoms with Crippen molar-refractivity contribution in [3.63, 3.8) is 0 Å². The molecule has 1 aromatic carbocycles. The molecule has 8 nitrogen and oxygen atoms in total. The number of para-hydroxylation sites is 1. The number of thiazole rings is 1. The summed E-state index contributed by atoms with van der Waals surface area (Å²) < 4.78 is 6.19. The lowest BCUT2D eigenvalue weighted by molar-refractivity contribution is 0.0488. The number of rotatable bonds is 7. The molecule has 0 aliphatic carbocycles. The summed E-state index contributed by atoms with van der Waals surface area (Å²) >= 11 is 1.30. The number of amides is 1. The number of carbonyl (C=O) groups excluding carboxylic acids is 2. The predicted molar refractivity (Wildman–Crippen MR) is 107 cm³/mol. The molecule has 9 heteroatoms. The molecule has 2 rings (SSSR count). The van der Waals surface area contributed by atoms with Gasteiger partial charge in [0.25, 0.3) is 0 Å². The first-order valence-corrected chi connectivity index (χ1v) is 9.42. The number of nitrogens with two attached hydrogens (primary N) is 2. The molecule has 1 amide bonds. The summed E-state index contributed by atoms with van der Waals surface area (Å²) in [6.07, 6.45) is 0.239. The largest absolute Gasteiger partial charge is 0.444 e. The number of benzene rings is 1. The van der Waals surface area contributed by atoms with Crippen molar-refractivity contribution in [1.29, 1.82) is 0 Å². The third-order valence-corrected chi connectivity index (χ3v) is 4.51. The number of nitrogens with zero attached hydrogens (tertiary/aromatic N) is 2. The lowest BCUT2D eigenvalue weighted by atomic mass is 10.1. The van der Waals surface area contributed by atoms with E-state index in [9.17, 15) is 9.59 Å². The molecule has 0 saturated carbocycles. The second kappa shape index (κ2) is 8.81. The van der Waals surface area contributed by atoms with Crippen LogP contribution in [0.25, 0.3) is 10.2 Å². The van der Waals surface area contributed by atoms with Crippen LogP contribution in [0, 0.1) is 0 Å². The maximum Gasteiger partial charge on any atom is 0.408 e. The summed E-state index contributed by atoms with van der Waals surface area (Å²) in [5.41, 5.74) is 10.7. The zero-order valence-corrected chi connectivity index (χ0v) is 16.5. The maximum absolute atomic E-state index is 12.9. The van der Waals surface area contributed by atoms with E-state index in [2.05, 4.69) is 15.3 Å². The predicted octanol–water partition coefficient (Wildman–Crippen LogP) is 2.43. The number of carbonyl (C=O) groups is 2. The molecule has 0 fully saturated rings. The summed E-state index contributed by atoms with van der Waals surface area (Å²) in [5, 5.41) is 3.00. The molecule has 0 aliphatic rings. The van der Waals surface area contributed by atoms with Crippen molar-refractivity contribution in [1.82, 2.24) is 10.3 Å². The molecule has 0 saturated heterocycles. The van der Waals surface area contributed by atoms with Crippen molar-refractivity contribution in [2.75, 3.05) is 6.54 Å². The minimum absolute atomic E-state index is 0.0100. The Balaban J connectivity index is 2.14. The Hall–Kier alpha value is -2.68. The molecule has 0 aliphatic heterocycles. The molecule has 1 atom stereocenters. The van der Waals surface area contributed by atoms with Gasteiger partial charge in [-0.05, 0) is 45.7 Å². The van der Waals surface area contributed by atoms with Crippen molar-refractivity contribution >= 4 is 39.4 Å². The highest BCUT2D eigenvalue weighted by molar-refractivity contribution is 7.20. The second-order valence-electron chi connectivity index (χ2n) is 7.00. The van der Waals surface area contributed by atoms with Gasteiger partial charge in [-0.25, -0.2) is 9.78 Å². The smallest absolute Gasteiger partial charge is 0.408 e. The normalized spacial score (nSPS) is 12.4. The fourth-order valence-corrected chi connectivity index (χ4v) is 3.31. The van der Waals surface area contributed by atoms with Gasteiger partial charge < -0.3 is 21.5 Å². The van der Waals surface area contributed by atoms with Crippen molar-refractivity contribution in [2.24, 2.45) is 16.5 Å². The van der Waals surface area contributed by atoms with Crippen LogP contribution < -0.4 is 16.8 Å². The number of aromatic nitrogens is 1. The molecule has 0 radical (unpaired) electrons. The van der Waals surface area contributed by atoms with Gasteiger partial charge in [0.2, 0.25) is 5.78 Å². The van der Waals surface area contributed by atoms with Crippen LogP contribution in [-0.4, -0.2) is 41.0 Å². The first-order chi connectivity index (χ1) is 12.7. The van der Waals surface area contributed by atoms with Gasteiger partial charge in [0.1, 0.15) is 5.60 Å². The molecule has 0 spiro atoms. The van der Waals surface area contributed by atoms with E-state index in [0.717, 1.165) is 10.2 Å². The van der Waals surface area contributed by atoms with E-state index in [0.29, 0.717) is 24.4 Å². The van der Waals surface area contributed by atoms with E-state index < -0.39 is 17.7 Å². The maximum atomic E-state index is 12.9. The second-order valence-corrected chi connectivity index (χ2v) is 8.03. The number of nitrogens with one attached hydrogen (secondary N) is 1. The third kappa shape index (κ3) is 6.52. The van der Waals surface area contributed by atoms with Crippen LogP contribution in [0.5, 0.6) is 0 Å². The lowest BCUT2D eigenvalue weighted by Crippen LogP contribution is -2.43. The van der Waals surface area contributed by atoms with Crippen LogP contribution in [0.1, 0.15) is 43.4 Å². The van der Waals surface area contributed by atoms with Crippen molar-refractivity contribution in [2.45, 2.75) is 45.3 Å². The molecular formula is C18H25N5O3S. The molecule has 0 bridgehead atoms. The third-order valence-electron chi connectivity index (χ3n) is 3.46. The van der Waals surface area contributed by atoms with Crippen molar-refractivity contribution < 1.29 is 14.3 Å². The van der Waals surface area contributed by atoms with Crippen LogP contribution in [-0.2, 0) is 4.74 Å². The van der Waals surface area contributed by atoms with Crippen LogP contribution in [0.4, 0.5) is 4.79 Å². The summed E-state index contributed by atoms with van der Waals surface area (Å²) in [6.45, 7) is 5.64. The molecule has 146 valence electrons. The molecule has 1 heterocycles. The standard InChI is InChI=1S/C18H25N5O3S/c1-18(2,3)26-17(25)23-12(8-6-10-21-16(19)20)14(24)15-22-11-7-4-5-9-13(11)27-15/h4-5,7,9,12H,6,8,10H2,1-3H3,(H,23,25)(H4,19,20,21)/t12-/m0/s1. The zero-order valence-electron chi connectivity index (χ0n) is 15.7. The molecule has 27 heavy (non-hydrogen) atoms. The summed E-state index contributed by atoms with van der Waals surface area (Å²) in [4.78, 5) is 33.4. The average molecular weight is 391 g/mol. The Morgan fingerprint density at radius 1 is 1.30 bits per heavy atom. The SMILES string of the molecule is CC(C)(C)OC(=O)N[C@@H](CCCN=C(N)N)C(=O)c1nc2ccccc2s1. The van der Waals surface area contributed by atoms with Crippen molar-refractivity contribution in [3.8, 4) is 0 Å². The number of guanidine groups is 1. The van der Waals surface area contributed by atoms with E-state index in [1.807, 2.05) is 24.3 Å². The van der Waals surface area contributed by atoms with Gasteiger partial charge in [0, 0.05) is 6.54 Å². The van der Waals surface area contributed by atoms with Gasteiger partial charge in [-0.15, -0.1) is 11.3 Å². The Kier molecular flexibility index (Phi) is 6.73. The van der Waals surface area contributed by atoms with E-state index in [4.69, 9.17) is 16.2 Å². The summed E-state index contributed by atoms with van der Waals surface area (Å²) in [6, 6.07) is 6.73. The number of Topliss-reactive ketones (excluding diaryl/α,β-unsaturated/α-hetero) is 1. The van der Waals surface area contributed by atoms with Gasteiger partial charge in [-0.2, -0.15) is 0 Å². The van der Waals surface area contributed by atoms with Crippen LogP contribution in [0.2, 0.25) is 0 Å². The lowest BCUT2D eigenvalue weighted by Gasteiger charge is -2.22. The van der Waals surface area contributed by atoms with Crippen LogP contribution in [0.15, 0.2) is 29.3 Å². The van der Waals surface area contributed by atoms with Gasteiger partial charge in [-0.3, -0.25) is 9.79 Å². The Bertz CT molecular complexity index is 804. The average Bonchev–Trinajstić information content (AvgIpc) is 2.99. The quantitative estimate of drug-likeness (QED) is 0.287. The van der Waals surface area contributed by atoms with E-state index in [-0.39, 0.29) is 11.7 Å². The topological polar surface area (TPSA) is 133 Å². The van der Waals surface area contributed by atoms with Gasteiger partial charge in [0.15, 0.2) is 11.0 Å². The fourth-order valence-electron chi connectivity index (χ4n) is 2.35. The van der Waals surface area contributed by atoms with Crippen molar-refractivity contribution in [3.05, 3.63) is 29.3 Å². The molecule has 5 N–H and O–H groups in total. The highest BCUT2D eigenvalue weighted by Gasteiger charge is 2.27. The molecule has 0 unspecified atom stereocenters. The first kappa shape index (κ1) is 20.6. The highest BCUT2D eigenvalue weighted by Crippen LogP contribution is 2.23. The Morgan fingerprint density at radius 3 is 2.63 bits per heavy atom. The zero-order chi connectivity index (χ0) is 20.0. The Labute approximate surface area is 162 Å². The number of aliphatic imine (C=N–C) groups is 1. The minimum Gasteiger partial charge on any atom is -0.444 e.